The van der Waals surface area contributed by atoms with Gasteiger partial charge >= 0.3 is 6.09 Å². The number of ketones is 1. The Morgan fingerprint density at radius 2 is 1.43 bits per heavy atom. The van der Waals surface area contributed by atoms with Gasteiger partial charge in [0.15, 0.2) is 5.78 Å². The van der Waals surface area contributed by atoms with Crippen LogP contribution in [-0.4, -0.2) is 37.0 Å². The van der Waals surface area contributed by atoms with Gasteiger partial charge in [0.25, 0.3) is 0 Å². The molecule has 0 radical (unpaired) electrons. The number of carbonyl (C=O) groups is 2. The van der Waals surface area contributed by atoms with E-state index in [9.17, 15) is 9.59 Å². The number of ether oxygens (including phenoxy) is 1. The number of hydrogen-bond donors (Lipinski definition) is 0. The Hall–Kier alpha value is -2.66. The van der Waals surface area contributed by atoms with E-state index in [1.165, 1.54) is 5.56 Å². The fraction of sp³-hybridized carbons (Fsp3) is 0.568. The van der Waals surface area contributed by atoms with Gasteiger partial charge in [0.05, 0.1) is 6.04 Å². The fourth-order valence-electron chi connectivity index (χ4n) is 8.62. The number of amides is 1. The molecule has 2 aromatic carbocycles. The van der Waals surface area contributed by atoms with Crippen molar-refractivity contribution < 1.29 is 14.3 Å². The molecule has 0 bridgehead atoms. The fourth-order valence-corrected chi connectivity index (χ4v) is 15.4. The minimum absolute atomic E-state index is 0.121. The van der Waals surface area contributed by atoms with E-state index in [1.54, 1.807) is 0 Å². The van der Waals surface area contributed by atoms with Crippen molar-refractivity contribution in [1.29, 1.82) is 0 Å². The standard InChI is InChI=1S/C37H53NO3Si/c1-26(2)42(27(3)4,28(5)6)35-25-38(31(24-33(35)39)23-29-17-11-9-12-18-29)36(40)41-34-22-16-15-21-32(34)37(7,8)30-19-13-10-14-20-30/h9-14,17-20,25-28,31-32,34H,15-16,21-24H2,1-8H3/t31-,32+,34+/m0/s1. The maximum atomic E-state index is 14.3. The lowest BCUT2D eigenvalue weighted by atomic mass is 9.66. The molecule has 2 aliphatic rings. The van der Waals surface area contributed by atoms with Gasteiger partial charge in [0, 0.05) is 18.5 Å². The molecule has 3 atom stereocenters. The van der Waals surface area contributed by atoms with E-state index in [1.807, 2.05) is 29.3 Å². The maximum absolute atomic E-state index is 14.3. The molecule has 1 saturated carbocycles. The van der Waals surface area contributed by atoms with Gasteiger partial charge in [0.1, 0.15) is 14.2 Å². The second kappa shape index (κ2) is 13.3. The van der Waals surface area contributed by atoms with Crippen LogP contribution in [0.2, 0.25) is 16.6 Å². The average molecular weight is 588 g/mol. The molecule has 4 rings (SSSR count). The summed E-state index contributed by atoms with van der Waals surface area (Å²) < 4.78 is 6.54. The first-order chi connectivity index (χ1) is 19.9. The van der Waals surface area contributed by atoms with E-state index in [0.29, 0.717) is 29.5 Å². The predicted molar refractivity (Wildman–Crippen MR) is 176 cm³/mol. The number of allylic oxidation sites excluding steroid dienone is 1. The zero-order valence-corrected chi connectivity index (χ0v) is 28.2. The highest BCUT2D eigenvalue weighted by Gasteiger charge is 2.51. The Balaban J connectivity index is 1.72. The van der Waals surface area contributed by atoms with Gasteiger partial charge in [-0.3, -0.25) is 9.69 Å². The smallest absolute Gasteiger partial charge is 0.414 e. The Labute approximate surface area is 255 Å². The Morgan fingerprint density at radius 3 is 2.00 bits per heavy atom. The van der Waals surface area contributed by atoms with Crippen molar-refractivity contribution in [3.63, 3.8) is 0 Å². The first kappa shape index (κ1) is 32.3. The minimum Gasteiger partial charge on any atom is -0.446 e. The van der Waals surface area contributed by atoms with Gasteiger partial charge in [-0.2, -0.15) is 0 Å². The van der Waals surface area contributed by atoms with Gasteiger partial charge < -0.3 is 4.74 Å². The van der Waals surface area contributed by atoms with Gasteiger partial charge in [-0.25, -0.2) is 4.79 Å². The number of benzene rings is 2. The molecule has 0 aromatic heterocycles. The molecule has 0 N–H and O–H groups in total. The van der Waals surface area contributed by atoms with Crippen LogP contribution in [0.1, 0.15) is 98.6 Å². The van der Waals surface area contributed by atoms with Crippen LogP contribution in [0.25, 0.3) is 0 Å². The van der Waals surface area contributed by atoms with Crippen LogP contribution in [0.3, 0.4) is 0 Å². The molecule has 1 heterocycles. The summed E-state index contributed by atoms with van der Waals surface area (Å²) in [4.78, 5) is 30.2. The Bertz CT molecular complexity index is 1210. The first-order valence-electron chi connectivity index (χ1n) is 16.2. The van der Waals surface area contributed by atoms with Crippen molar-refractivity contribution in [1.82, 2.24) is 4.90 Å². The molecule has 0 saturated heterocycles. The van der Waals surface area contributed by atoms with Crippen LogP contribution in [0.5, 0.6) is 0 Å². The molecule has 1 aliphatic carbocycles. The summed E-state index contributed by atoms with van der Waals surface area (Å²) in [6.07, 6.45) is 6.63. The molecule has 1 fully saturated rings. The molecule has 1 amide bonds. The topological polar surface area (TPSA) is 46.6 Å². The van der Waals surface area contributed by atoms with E-state index in [2.05, 4.69) is 97.9 Å². The molecule has 1 aliphatic heterocycles. The van der Waals surface area contributed by atoms with E-state index >= 15 is 0 Å². The molecule has 42 heavy (non-hydrogen) atoms. The second-order valence-corrected chi connectivity index (χ2v) is 20.1. The van der Waals surface area contributed by atoms with Crippen LogP contribution in [0.15, 0.2) is 72.1 Å². The van der Waals surface area contributed by atoms with Gasteiger partial charge in [-0.1, -0.05) is 122 Å². The van der Waals surface area contributed by atoms with Crippen molar-refractivity contribution in [3.05, 3.63) is 83.2 Å². The van der Waals surface area contributed by atoms with Crippen LogP contribution in [0.4, 0.5) is 4.79 Å². The van der Waals surface area contributed by atoms with Crippen LogP contribution in [0, 0.1) is 5.92 Å². The summed E-state index contributed by atoms with van der Waals surface area (Å²) in [5.41, 5.74) is 3.43. The zero-order valence-electron chi connectivity index (χ0n) is 27.2. The van der Waals surface area contributed by atoms with Gasteiger partial charge in [-0.15, -0.1) is 0 Å². The molecule has 0 spiro atoms. The number of rotatable bonds is 9. The lowest BCUT2D eigenvalue weighted by molar-refractivity contribution is -0.116. The third-order valence-corrected chi connectivity index (χ3v) is 17.7. The number of carbonyl (C=O) groups excluding carboxylic acids is 2. The largest absolute Gasteiger partial charge is 0.446 e. The zero-order chi connectivity index (χ0) is 30.7. The lowest BCUT2D eigenvalue weighted by Crippen LogP contribution is -2.54. The molecule has 228 valence electrons. The normalized spacial score (nSPS) is 22.1. The summed E-state index contributed by atoms with van der Waals surface area (Å²) >= 11 is 0. The van der Waals surface area contributed by atoms with Crippen molar-refractivity contribution in [2.24, 2.45) is 5.92 Å². The number of hydrogen-bond acceptors (Lipinski definition) is 3. The quantitative estimate of drug-likeness (QED) is 0.274. The van der Waals surface area contributed by atoms with Crippen LogP contribution >= 0.6 is 0 Å². The highest BCUT2D eigenvalue weighted by Crippen LogP contribution is 2.48. The molecule has 0 unspecified atom stereocenters. The number of nitrogens with zero attached hydrogens (tertiary/aromatic N) is 1. The summed E-state index contributed by atoms with van der Waals surface area (Å²) in [6.45, 7) is 18.2. The summed E-state index contributed by atoms with van der Waals surface area (Å²) in [7, 11) is -2.28. The third kappa shape index (κ3) is 6.32. The van der Waals surface area contributed by atoms with Crippen molar-refractivity contribution >= 4 is 20.0 Å². The maximum Gasteiger partial charge on any atom is 0.414 e. The van der Waals surface area contributed by atoms with Crippen molar-refractivity contribution in [2.45, 2.75) is 128 Å². The molecule has 4 nitrogen and oxygen atoms in total. The third-order valence-electron chi connectivity index (χ3n) is 10.6. The highest BCUT2D eigenvalue weighted by molar-refractivity contribution is 6.93. The molecular weight excluding hydrogens is 534 g/mol. The SMILES string of the molecule is CC(C)[Si](C1=CN(C(=O)O[C@@H]2CCCC[C@H]2C(C)(C)c2ccccc2)[C@@H](Cc2ccccc2)CC1=O)(C(C)C)C(C)C. The van der Waals surface area contributed by atoms with Crippen LogP contribution < -0.4 is 0 Å². The molecular formula is C37H53NO3Si. The predicted octanol–water partition coefficient (Wildman–Crippen LogP) is 9.65. The van der Waals surface area contributed by atoms with E-state index < -0.39 is 8.07 Å². The van der Waals surface area contributed by atoms with Crippen molar-refractivity contribution in [2.75, 3.05) is 0 Å². The second-order valence-electron chi connectivity index (χ2n) is 14.2. The van der Waals surface area contributed by atoms with Crippen molar-refractivity contribution in [3.8, 4) is 0 Å². The monoisotopic (exact) mass is 587 g/mol. The Morgan fingerprint density at radius 1 is 0.881 bits per heavy atom. The minimum atomic E-state index is -2.28. The van der Waals surface area contributed by atoms with E-state index in [0.717, 1.165) is 36.4 Å². The Kier molecular flexibility index (Phi) is 10.2. The van der Waals surface area contributed by atoms with E-state index in [4.69, 9.17) is 4.74 Å². The summed E-state index contributed by atoms with van der Waals surface area (Å²) in [5.74, 6) is 0.457. The van der Waals surface area contributed by atoms with Gasteiger partial charge in [-0.05, 0) is 64.0 Å². The first-order valence-corrected chi connectivity index (χ1v) is 18.5. The molecule has 5 heteroatoms. The van der Waals surface area contributed by atoms with Crippen LogP contribution in [-0.2, 0) is 21.4 Å². The number of Topliss-reactive ketones (excluding diaryl/α,β-unsaturated/α-hetero) is 1. The highest BCUT2D eigenvalue weighted by atomic mass is 28.3. The molecule has 2 aromatic rings. The summed E-state index contributed by atoms with van der Waals surface area (Å²) in [5, 5.41) is 0.925. The lowest BCUT2D eigenvalue weighted by Gasteiger charge is -2.47. The van der Waals surface area contributed by atoms with Gasteiger partial charge in [0.2, 0.25) is 0 Å². The van der Waals surface area contributed by atoms with E-state index in [-0.39, 0.29) is 35.4 Å². The summed E-state index contributed by atoms with van der Waals surface area (Å²) in [6, 6.07) is 20.6. The average Bonchev–Trinajstić information content (AvgIpc) is 2.95.